The molecule has 5 heteroatoms. The van der Waals surface area contributed by atoms with E-state index in [2.05, 4.69) is 5.32 Å². The average Bonchev–Trinajstić information content (AvgIpc) is 2.30. The van der Waals surface area contributed by atoms with Crippen LogP contribution >= 0.6 is 0 Å². The Bertz CT molecular complexity index is 472. The second-order valence-corrected chi connectivity index (χ2v) is 6.30. The molecule has 2 nitrogen and oxygen atoms in total. The molecule has 1 aliphatic rings. The van der Waals surface area contributed by atoms with Gasteiger partial charge >= 0.3 is 12.1 Å². The number of allylic oxidation sites excluding steroid dienone is 2. The van der Waals surface area contributed by atoms with Gasteiger partial charge in [0.05, 0.1) is 6.04 Å². The van der Waals surface area contributed by atoms with E-state index >= 15 is 0 Å². The molecule has 1 rings (SSSR count). The molecule has 0 saturated carbocycles. The molecule has 0 heterocycles. The van der Waals surface area contributed by atoms with Gasteiger partial charge in [0.2, 0.25) is 0 Å². The van der Waals surface area contributed by atoms with Crippen molar-refractivity contribution in [1.82, 2.24) is 5.32 Å². The summed E-state index contributed by atoms with van der Waals surface area (Å²) in [5.74, 6) is -1.58. The lowest BCUT2D eigenvalue weighted by Crippen LogP contribution is -2.47. The van der Waals surface area contributed by atoms with Crippen LogP contribution in [0.4, 0.5) is 13.2 Å². The van der Waals surface area contributed by atoms with E-state index < -0.39 is 18.1 Å². The maximum atomic E-state index is 12.5. The number of halogens is 3. The summed E-state index contributed by atoms with van der Waals surface area (Å²) < 4.78 is 37.4. The second-order valence-electron chi connectivity index (χ2n) is 6.30. The Balaban J connectivity index is 3.16. The van der Waals surface area contributed by atoms with Crippen LogP contribution in [0.25, 0.3) is 0 Å². The van der Waals surface area contributed by atoms with Crippen molar-refractivity contribution in [2.45, 2.75) is 53.8 Å². The summed E-state index contributed by atoms with van der Waals surface area (Å²) in [6.07, 6.45) is -3.07. The minimum Gasteiger partial charge on any atom is -0.341 e. The number of hydrogen-bond donors (Lipinski definition) is 1. The summed E-state index contributed by atoms with van der Waals surface area (Å²) in [6, 6.07) is -0.613. The SMILES string of the molecule is CC1=C(C(C)C)C(C)C(NC(=O)C(F)(F)F)C=C1C(C)C. The maximum Gasteiger partial charge on any atom is 0.471 e. The van der Waals surface area contributed by atoms with Crippen LogP contribution in [0.3, 0.4) is 0 Å². The Labute approximate surface area is 124 Å². The van der Waals surface area contributed by atoms with Crippen LogP contribution in [0.2, 0.25) is 0 Å². The van der Waals surface area contributed by atoms with Crippen molar-refractivity contribution in [2.24, 2.45) is 17.8 Å². The molecule has 0 aromatic rings. The van der Waals surface area contributed by atoms with E-state index in [1.165, 1.54) is 0 Å². The Morgan fingerprint density at radius 3 is 2.10 bits per heavy atom. The Morgan fingerprint density at radius 2 is 1.71 bits per heavy atom. The first-order valence-corrected chi connectivity index (χ1v) is 7.27. The number of carbonyl (C=O) groups is 1. The maximum absolute atomic E-state index is 12.5. The van der Waals surface area contributed by atoms with Gasteiger partial charge in [0.25, 0.3) is 0 Å². The Hall–Kier alpha value is -1.26. The van der Waals surface area contributed by atoms with E-state index in [9.17, 15) is 18.0 Å². The molecule has 0 spiro atoms. The molecule has 0 fully saturated rings. The first-order valence-electron chi connectivity index (χ1n) is 7.27. The summed E-state index contributed by atoms with van der Waals surface area (Å²) in [5.41, 5.74) is 3.28. The highest BCUT2D eigenvalue weighted by Gasteiger charge is 2.41. The number of nitrogens with one attached hydrogen (secondary N) is 1. The van der Waals surface area contributed by atoms with E-state index in [1.54, 1.807) is 6.08 Å². The molecule has 1 amide bonds. The number of hydrogen-bond acceptors (Lipinski definition) is 1. The predicted molar refractivity (Wildman–Crippen MR) is 77.6 cm³/mol. The standard InChI is InChI=1S/C16H24F3NO/c1-8(2)12-7-13(20-15(21)16(17,18)19)11(6)14(9(3)4)10(12)5/h7-9,11,13H,1-6H3,(H,20,21). The first-order chi connectivity index (χ1) is 9.46. The first kappa shape index (κ1) is 17.8. The number of carbonyl (C=O) groups excluding carboxylic acids is 1. The smallest absolute Gasteiger partial charge is 0.341 e. The highest BCUT2D eigenvalue weighted by atomic mass is 19.4. The molecule has 21 heavy (non-hydrogen) atoms. The Kier molecular flexibility index (Phi) is 5.29. The molecule has 120 valence electrons. The third kappa shape index (κ3) is 3.89. The van der Waals surface area contributed by atoms with E-state index in [4.69, 9.17) is 0 Å². The largest absolute Gasteiger partial charge is 0.471 e. The second kappa shape index (κ2) is 6.24. The van der Waals surface area contributed by atoms with Crippen LogP contribution in [0.5, 0.6) is 0 Å². The van der Waals surface area contributed by atoms with Gasteiger partial charge in [-0.1, -0.05) is 46.3 Å². The zero-order valence-electron chi connectivity index (χ0n) is 13.4. The van der Waals surface area contributed by atoms with Crippen molar-refractivity contribution < 1.29 is 18.0 Å². The molecule has 0 bridgehead atoms. The zero-order valence-corrected chi connectivity index (χ0v) is 13.4. The fraction of sp³-hybridized carbons (Fsp3) is 0.688. The van der Waals surface area contributed by atoms with Gasteiger partial charge in [0.1, 0.15) is 0 Å². The molecule has 2 unspecified atom stereocenters. The van der Waals surface area contributed by atoms with Gasteiger partial charge in [0, 0.05) is 5.92 Å². The van der Waals surface area contributed by atoms with Crippen LogP contribution in [-0.2, 0) is 4.79 Å². The molecule has 1 N–H and O–H groups in total. The molecule has 0 saturated heterocycles. The molecule has 0 radical (unpaired) electrons. The van der Waals surface area contributed by atoms with Crippen molar-refractivity contribution >= 4 is 5.91 Å². The molecule has 0 aliphatic heterocycles. The molecule has 1 aliphatic carbocycles. The van der Waals surface area contributed by atoms with E-state index in [1.807, 2.05) is 41.5 Å². The highest BCUT2D eigenvalue weighted by molar-refractivity contribution is 5.82. The number of rotatable bonds is 3. The third-order valence-electron chi connectivity index (χ3n) is 4.05. The fourth-order valence-electron chi connectivity index (χ4n) is 3.15. The summed E-state index contributed by atoms with van der Waals surface area (Å²) in [6.45, 7) is 12.0. The normalized spacial score (nSPS) is 23.7. The Morgan fingerprint density at radius 1 is 1.19 bits per heavy atom. The van der Waals surface area contributed by atoms with Gasteiger partial charge in [-0.25, -0.2) is 0 Å². The van der Waals surface area contributed by atoms with Crippen LogP contribution in [0, 0.1) is 17.8 Å². The van der Waals surface area contributed by atoms with Crippen LogP contribution < -0.4 is 5.32 Å². The molecule has 0 aromatic heterocycles. The fourth-order valence-corrected chi connectivity index (χ4v) is 3.15. The minimum atomic E-state index is -4.85. The van der Waals surface area contributed by atoms with Crippen molar-refractivity contribution in [3.63, 3.8) is 0 Å². The predicted octanol–water partition coefficient (Wildman–Crippen LogP) is 4.24. The monoisotopic (exact) mass is 303 g/mol. The molecule has 0 aromatic carbocycles. The minimum absolute atomic E-state index is 0.140. The number of alkyl halides is 3. The van der Waals surface area contributed by atoms with Crippen LogP contribution in [-0.4, -0.2) is 18.1 Å². The van der Waals surface area contributed by atoms with Gasteiger partial charge in [0.15, 0.2) is 0 Å². The van der Waals surface area contributed by atoms with Crippen molar-refractivity contribution in [3.8, 4) is 0 Å². The van der Waals surface area contributed by atoms with Gasteiger partial charge < -0.3 is 5.32 Å². The third-order valence-corrected chi connectivity index (χ3v) is 4.05. The summed E-state index contributed by atoms with van der Waals surface area (Å²) in [7, 11) is 0. The zero-order chi connectivity index (χ0) is 16.5. The average molecular weight is 303 g/mol. The molecule has 2 atom stereocenters. The van der Waals surface area contributed by atoms with E-state index in [0.717, 1.165) is 16.7 Å². The lowest BCUT2D eigenvalue weighted by molar-refractivity contribution is -0.174. The molecular weight excluding hydrogens is 279 g/mol. The van der Waals surface area contributed by atoms with Crippen molar-refractivity contribution in [2.75, 3.05) is 0 Å². The van der Waals surface area contributed by atoms with Gasteiger partial charge in [-0.3, -0.25) is 4.79 Å². The molecular formula is C16H24F3NO. The lowest BCUT2D eigenvalue weighted by atomic mass is 9.74. The highest BCUT2D eigenvalue weighted by Crippen LogP contribution is 2.37. The quantitative estimate of drug-likeness (QED) is 0.830. The lowest BCUT2D eigenvalue weighted by Gasteiger charge is -2.35. The van der Waals surface area contributed by atoms with Crippen molar-refractivity contribution in [3.05, 3.63) is 22.8 Å². The van der Waals surface area contributed by atoms with Gasteiger partial charge in [-0.05, 0) is 29.9 Å². The van der Waals surface area contributed by atoms with Gasteiger partial charge in [-0.2, -0.15) is 13.2 Å². The van der Waals surface area contributed by atoms with Crippen molar-refractivity contribution in [1.29, 1.82) is 0 Å². The van der Waals surface area contributed by atoms with E-state index in [0.29, 0.717) is 0 Å². The summed E-state index contributed by atoms with van der Waals surface area (Å²) in [4.78, 5) is 11.2. The summed E-state index contributed by atoms with van der Waals surface area (Å²) in [5, 5.41) is 2.12. The van der Waals surface area contributed by atoms with Gasteiger partial charge in [-0.15, -0.1) is 0 Å². The van der Waals surface area contributed by atoms with E-state index in [-0.39, 0.29) is 17.8 Å². The summed E-state index contributed by atoms with van der Waals surface area (Å²) >= 11 is 0. The van der Waals surface area contributed by atoms with Crippen LogP contribution in [0.15, 0.2) is 22.8 Å². The topological polar surface area (TPSA) is 29.1 Å². The number of amides is 1. The van der Waals surface area contributed by atoms with Crippen LogP contribution in [0.1, 0.15) is 41.5 Å².